The molecule has 1 heterocycles. The first-order chi connectivity index (χ1) is 9.02. The summed E-state index contributed by atoms with van der Waals surface area (Å²) in [6.45, 7) is 2.20. The number of benzene rings is 1. The number of halogens is 2. The van der Waals surface area contributed by atoms with Crippen LogP contribution < -0.4 is 10.1 Å². The van der Waals surface area contributed by atoms with E-state index in [0.29, 0.717) is 12.4 Å². The molecule has 2 rings (SSSR count). The normalized spacial score (nSPS) is 10.6. The zero-order chi connectivity index (χ0) is 14.0. The minimum absolute atomic E-state index is 0.242. The number of ether oxygens (including phenoxy) is 1. The highest BCUT2D eigenvalue weighted by Crippen LogP contribution is 2.23. The molecule has 0 atom stereocenters. The Labute approximate surface area is 110 Å². The third kappa shape index (κ3) is 2.67. The summed E-state index contributed by atoms with van der Waals surface area (Å²) in [5.74, 6) is -0.605. The van der Waals surface area contributed by atoms with E-state index in [4.69, 9.17) is 4.74 Å². The van der Waals surface area contributed by atoms with Crippen LogP contribution in [-0.4, -0.2) is 16.9 Å². The minimum atomic E-state index is -0.625. The van der Waals surface area contributed by atoms with Crippen LogP contribution in [-0.2, 0) is 13.6 Å². The first-order valence-electron chi connectivity index (χ1n) is 5.78. The number of anilines is 1. The third-order valence-electron chi connectivity index (χ3n) is 2.87. The van der Waals surface area contributed by atoms with E-state index in [-0.39, 0.29) is 5.69 Å². The van der Waals surface area contributed by atoms with Crippen LogP contribution in [0.2, 0.25) is 0 Å². The molecular formula is C13H15F2N3O. The Morgan fingerprint density at radius 3 is 2.74 bits per heavy atom. The Kier molecular flexibility index (Phi) is 3.69. The molecule has 0 unspecified atom stereocenters. The highest BCUT2D eigenvalue weighted by atomic mass is 19.1. The van der Waals surface area contributed by atoms with E-state index in [1.165, 1.54) is 12.1 Å². The van der Waals surface area contributed by atoms with Crippen molar-refractivity contribution in [2.24, 2.45) is 7.05 Å². The lowest BCUT2D eigenvalue weighted by Crippen LogP contribution is -2.04. The molecule has 6 heteroatoms. The van der Waals surface area contributed by atoms with E-state index >= 15 is 0 Å². The Bertz CT molecular complexity index is 596. The van der Waals surface area contributed by atoms with Crippen LogP contribution in [0.5, 0.6) is 5.88 Å². The van der Waals surface area contributed by atoms with Crippen molar-refractivity contribution in [2.45, 2.75) is 13.5 Å². The molecule has 0 aliphatic heterocycles. The second-order valence-corrected chi connectivity index (χ2v) is 4.17. The predicted octanol–water partition coefficient (Wildman–Crippen LogP) is 2.63. The van der Waals surface area contributed by atoms with Crippen molar-refractivity contribution in [1.82, 2.24) is 9.78 Å². The molecule has 0 bridgehead atoms. The summed E-state index contributed by atoms with van der Waals surface area (Å²) in [4.78, 5) is 0. The van der Waals surface area contributed by atoms with Crippen molar-refractivity contribution in [2.75, 3.05) is 12.4 Å². The molecule has 1 N–H and O–H groups in total. The van der Waals surface area contributed by atoms with Crippen LogP contribution in [0.1, 0.15) is 11.3 Å². The SMILES string of the molecule is COc1c(CNc2ccc(F)cc2F)c(C)nn1C. The first kappa shape index (κ1) is 13.3. The summed E-state index contributed by atoms with van der Waals surface area (Å²) in [6.07, 6.45) is 0. The van der Waals surface area contributed by atoms with E-state index in [9.17, 15) is 8.78 Å². The van der Waals surface area contributed by atoms with Gasteiger partial charge in [0.15, 0.2) is 0 Å². The summed E-state index contributed by atoms with van der Waals surface area (Å²) in [7, 11) is 3.33. The molecule has 102 valence electrons. The smallest absolute Gasteiger partial charge is 0.216 e. The number of aryl methyl sites for hydroxylation is 2. The van der Waals surface area contributed by atoms with Crippen LogP contribution in [0.3, 0.4) is 0 Å². The number of rotatable bonds is 4. The zero-order valence-electron chi connectivity index (χ0n) is 11.0. The van der Waals surface area contributed by atoms with Gasteiger partial charge in [-0.25, -0.2) is 13.5 Å². The molecule has 19 heavy (non-hydrogen) atoms. The highest BCUT2D eigenvalue weighted by molar-refractivity contribution is 5.46. The monoisotopic (exact) mass is 267 g/mol. The standard InChI is InChI=1S/C13H15F2N3O/c1-8-10(13(19-3)18(2)17-8)7-16-12-5-4-9(14)6-11(12)15/h4-6,16H,7H2,1-3H3. The number of nitrogens with zero attached hydrogens (tertiary/aromatic N) is 2. The van der Waals surface area contributed by atoms with Gasteiger partial charge in [-0.2, -0.15) is 5.10 Å². The quantitative estimate of drug-likeness (QED) is 0.925. The lowest BCUT2D eigenvalue weighted by molar-refractivity contribution is 0.369. The van der Waals surface area contributed by atoms with Crippen molar-refractivity contribution in [3.63, 3.8) is 0 Å². The van der Waals surface area contributed by atoms with E-state index in [1.54, 1.807) is 18.8 Å². The minimum Gasteiger partial charge on any atom is -0.481 e. The van der Waals surface area contributed by atoms with E-state index in [0.717, 1.165) is 17.3 Å². The summed E-state index contributed by atoms with van der Waals surface area (Å²) in [5.41, 5.74) is 1.88. The molecule has 0 radical (unpaired) electrons. The Balaban J connectivity index is 2.19. The van der Waals surface area contributed by atoms with Crippen LogP contribution in [0.25, 0.3) is 0 Å². The van der Waals surface area contributed by atoms with Gasteiger partial charge < -0.3 is 10.1 Å². The summed E-state index contributed by atoms with van der Waals surface area (Å²) >= 11 is 0. The molecule has 0 saturated carbocycles. The molecule has 0 spiro atoms. The molecule has 4 nitrogen and oxygen atoms in total. The van der Waals surface area contributed by atoms with Crippen molar-refractivity contribution in [3.8, 4) is 5.88 Å². The van der Waals surface area contributed by atoms with Gasteiger partial charge in [-0.1, -0.05) is 0 Å². The molecule has 0 aliphatic rings. The lowest BCUT2D eigenvalue weighted by atomic mass is 10.2. The maximum absolute atomic E-state index is 13.5. The van der Waals surface area contributed by atoms with Crippen LogP contribution in [0.4, 0.5) is 14.5 Å². The number of aromatic nitrogens is 2. The number of nitrogens with one attached hydrogen (secondary N) is 1. The first-order valence-corrected chi connectivity index (χ1v) is 5.78. The molecule has 0 amide bonds. The maximum Gasteiger partial charge on any atom is 0.216 e. The maximum atomic E-state index is 13.5. The van der Waals surface area contributed by atoms with Gasteiger partial charge in [0.1, 0.15) is 11.6 Å². The topological polar surface area (TPSA) is 39.1 Å². The summed E-state index contributed by atoms with van der Waals surface area (Å²) in [5, 5.41) is 7.14. The van der Waals surface area contributed by atoms with Gasteiger partial charge >= 0.3 is 0 Å². The van der Waals surface area contributed by atoms with Crippen molar-refractivity contribution < 1.29 is 13.5 Å². The second kappa shape index (κ2) is 5.26. The van der Waals surface area contributed by atoms with Gasteiger partial charge in [-0.05, 0) is 19.1 Å². The summed E-state index contributed by atoms with van der Waals surface area (Å²) < 4.78 is 33.1. The van der Waals surface area contributed by atoms with Gasteiger partial charge in [0.25, 0.3) is 0 Å². The molecule has 2 aromatic rings. The van der Waals surface area contributed by atoms with Gasteiger partial charge in [-0.15, -0.1) is 0 Å². The van der Waals surface area contributed by atoms with E-state index in [1.807, 2.05) is 6.92 Å². The average molecular weight is 267 g/mol. The second-order valence-electron chi connectivity index (χ2n) is 4.17. The molecule has 0 aliphatic carbocycles. The van der Waals surface area contributed by atoms with Crippen molar-refractivity contribution in [1.29, 1.82) is 0 Å². The third-order valence-corrected chi connectivity index (χ3v) is 2.87. The van der Waals surface area contributed by atoms with Crippen LogP contribution in [0.15, 0.2) is 18.2 Å². The molecule has 0 fully saturated rings. The average Bonchev–Trinajstić information content (AvgIpc) is 2.62. The fourth-order valence-corrected chi connectivity index (χ4v) is 1.96. The number of hydrogen-bond donors (Lipinski definition) is 1. The highest BCUT2D eigenvalue weighted by Gasteiger charge is 2.14. The Morgan fingerprint density at radius 2 is 2.11 bits per heavy atom. The molecule has 1 aromatic heterocycles. The van der Waals surface area contributed by atoms with Crippen molar-refractivity contribution in [3.05, 3.63) is 41.1 Å². The summed E-state index contributed by atoms with van der Waals surface area (Å²) in [6, 6.07) is 3.41. The largest absolute Gasteiger partial charge is 0.481 e. The Hall–Kier alpha value is -2.11. The molecule has 0 saturated heterocycles. The van der Waals surface area contributed by atoms with E-state index in [2.05, 4.69) is 10.4 Å². The molecule has 1 aromatic carbocycles. The van der Waals surface area contributed by atoms with Crippen LogP contribution in [0, 0.1) is 18.6 Å². The zero-order valence-corrected chi connectivity index (χ0v) is 11.0. The van der Waals surface area contributed by atoms with Gasteiger partial charge in [0.2, 0.25) is 5.88 Å². The van der Waals surface area contributed by atoms with Crippen molar-refractivity contribution >= 4 is 5.69 Å². The fourth-order valence-electron chi connectivity index (χ4n) is 1.96. The predicted molar refractivity (Wildman–Crippen MR) is 68.2 cm³/mol. The fraction of sp³-hybridized carbons (Fsp3) is 0.308. The lowest BCUT2D eigenvalue weighted by Gasteiger charge is -2.09. The van der Waals surface area contributed by atoms with Gasteiger partial charge in [0, 0.05) is 19.7 Å². The van der Waals surface area contributed by atoms with Gasteiger partial charge in [0.05, 0.1) is 24.1 Å². The number of hydrogen-bond acceptors (Lipinski definition) is 3. The van der Waals surface area contributed by atoms with E-state index < -0.39 is 11.6 Å². The van der Waals surface area contributed by atoms with Gasteiger partial charge in [-0.3, -0.25) is 0 Å². The van der Waals surface area contributed by atoms with Crippen LogP contribution >= 0.6 is 0 Å². The molecular weight excluding hydrogens is 252 g/mol. The Morgan fingerprint density at radius 1 is 1.37 bits per heavy atom. The number of methoxy groups -OCH3 is 1.